The number of terminal acetylenes is 1. The first-order valence-electron chi connectivity index (χ1n) is 8.91. The molecule has 0 aliphatic carbocycles. The standard InChI is InChI=1S/C22H19ClN2O4/c1-4-10-29-19-9-7-15(12-20(19)28-5-2)11-17-21(26)24-25(22(17)27)16-8-6-14(3)18(23)13-16/h1,6-9,11-13H,5,10H2,2-3H3,(H,24,26). The zero-order chi connectivity index (χ0) is 21.0. The van der Waals surface area contributed by atoms with Crippen LogP contribution in [0, 0.1) is 19.3 Å². The molecule has 1 fully saturated rings. The average molecular weight is 411 g/mol. The second-order valence-electron chi connectivity index (χ2n) is 6.20. The lowest BCUT2D eigenvalue weighted by molar-refractivity contribution is -0.117. The molecule has 3 rings (SSSR count). The molecule has 2 aromatic carbocycles. The van der Waals surface area contributed by atoms with Gasteiger partial charge >= 0.3 is 0 Å². The van der Waals surface area contributed by atoms with Gasteiger partial charge in [-0.3, -0.25) is 15.0 Å². The lowest BCUT2D eigenvalue weighted by Crippen LogP contribution is -2.35. The summed E-state index contributed by atoms with van der Waals surface area (Å²) >= 11 is 6.14. The Balaban J connectivity index is 1.90. The van der Waals surface area contributed by atoms with Crippen LogP contribution < -0.4 is 19.9 Å². The van der Waals surface area contributed by atoms with Gasteiger partial charge < -0.3 is 9.47 Å². The highest BCUT2D eigenvalue weighted by Crippen LogP contribution is 2.31. The van der Waals surface area contributed by atoms with Gasteiger partial charge in [-0.15, -0.1) is 6.42 Å². The molecule has 1 N–H and O–H groups in total. The van der Waals surface area contributed by atoms with Gasteiger partial charge in [0.05, 0.1) is 12.3 Å². The normalized spacial score (nSPS) is 14.7. The Morgan fingerprint density at radius 2 is 1.97 bits per heavy atom. The number of carbonyl (C=O) groups is 2. The number of carbonyl (C=O) groups excluding carboxylic acids is 2. The van der Waals surface area contributed by atoms with Gasteiger partial charge in [-0.25, -0.2) is 5.01 Å². The number of nitrogens with zero attached hydrogens (tertiary/aromatic N) is 1. The Labute approximate surface area is 174 Å². The summed E-state index contributed by atoms with van der Waals surface area (Å²) in [5, 5.41) is 1.68. The second kappa shape index (κ2) is 8.72. The molecule has 0 unspecified atom stereocenters. The van der Waals surface area contributed by atoms with Crippen molar-refractivity contribution in [1.82, 2.24) is 5.43 Å². The molecule has 0 aromatic heterocycles. The van der Waals surface area contributed by atoms with E-state index in [9.17, 15) is 9.59 Å². The molecule has 29 heavy (non-hydrogen) atoms. The van der Waals surface area contributed by atoms with Crippen LogP contribution in [0.4, 0.5) is 5.69 Å². The van der Waals surface area contributed by atoms with Crippen molar-refractivity contribution in [2.75, 3.05) is 18.2 Å². The number of rotatable bonds is 6. The fourth-order valence-corrected chi connectivity index (χ4v) is 2.92. The molecule has 0 spiro atoms. The number of halogens is 1. The fraction of sp³-hybridized carbons (Fsp3) is 0.182. The van der Waals surface area contributed by atoms with E-state index in [-0.39, 0.29) is 12.2 Å². The van der Waals surface area contributed by atoms with Crippen molar-refractivity contribution >= 4 is 35.2 Å². The van der Waals surface area contributed by atoms with E-state index in [0.29, 0.717) is 34.4 Å². The Morgan fingerprint density at radius 1 is 1.17 bits per heavy atom. The molecule has 0 radical (unpaired) electrons. The third kappa shape index (κ3) is 4.36. The number of aryl methyl sites for hydroxylation is 1. The number of hydrogen-bond donors (Lipinski definition) is 1. The molecule has 2 amide bonds. The van der Waals surface area contributed by atoms with Gasteiger partial charge in [-0.2, -0.15) is 0 Å². The maximum atomic E-state index is 12.8. The molecule has 1 aliphatic heterocycles. The Morgan fingerprint density at radius 3 is 2.66 bits per heavy atom. The third-order valence-electron chi connectivity index (χ3n) is 4.19. The van der Waals surface area contributed by atoms with Crippen LogP contribution in [-0.2, 0) is 9.59 Å². The number of anilines is 1. The van der Waals surface area contributed by atoms with Crippen molar-refractivity contribution in [3.63, 3.8) is 0 Å². The fourth-order valence-electron chi connectivity index (χ4n) is 2.75. The van der Waals surface area contributed by atoms with E-state index in [1.807, 2.05) is 13.8 Å². The van der Waals surface area contributed by atoms with E-state index >= 15 is 0 Å². The molecule has 1 aliphatic rings. The summed E-state index contributed by atoms with van der Waals surface area (Å²) in [4.78, 5) is 25.2. The Kier molecular flexibility index (Phi) is 6.10. The first kappa shape index (κ1) is 20.3. The summed E-state index contributed by atoms with van der Waals surface area (Å²) in [6.07, 6.45) is 6.73. The molecule has 1 heterocycles. The zero-order valence-electron chi connectivity index (χ0n) is 16.0. The number of hydrazine groups is 1. The van der Waals surface area contributed by atoms with E-state index in [1.54, 1.807) is 36.4 Å². The van der Waals surface area contributed by atoms with Crippen LogP contribution in [-0.4, -0.2) is 25.0 Å². The smallest absolute Gasteiger partial charge is 0.282 e. The highest BCUT2D eigenvalue weighted by atomic mass is 35.5. The molecule has 7 heteroatoms. The largest absolute Gasteiger partial charge is 0.490 e. The summed E-state index contributed by atoms with van der Waals surface area (Å²) in [6.45, 7) is 4.23. The van der Waals surface area contributed by atoms with Gasteiger partial charge in [0, 0.05) is 5.02 Å². The monoisotopic (exact) mass is 410 g/mol. The number of benzene rings is 2. The van der Waals surface area contributed by atoms with Crippen molar-refractivity contribution in [2.24, 2.45) is 0 Å². The third-order valence-corrected chi connectivity index (χ3v) is 4.60. The first-order valence-corrected chi connectivity index (χ1v) is 9.28. The predicted octanol–water partition coefficient (Wildman–Crippen LogP) is 3.52. The van der Waals surface area contributed by atoms with Gasteiger partial charge in [0.1, 0.15) is 12.2 Å². The predicted molar refractivity (Wildman–Crippen MR) is 112 cm³/mol. The molecule has 1 saturated heterocycles. The van der Waals surface area contributed by atoms with Crippen molar-refractivity contribution in [3.8, 4) is 23.8 Å². The van der Waals surface area contributed by atoms with Gasteiger partial charge in [-0.1, -0.05) is 29.7 Å². The summed E-state index contributed by atoms with van der Waals surface area (Å²) in [5.41, 5.74) is 4.53. The quantitative estimate of drug-likeness (QED) is 0.449. The van der Waals surface area contributed by atoms with E-state index in [2.05, 4.69) is 11.3 Å². The molecule has 0 bridgehead atoms. The molecular weight excluding hydrogens is 392 g/mol. The minimum absolute atomic E-state index is 0.00133. The van der Waals surface area contributed by atoms with Gasteiger partial charge in [0.2, 0.25) is 0 Å². The molecule has 0 saturated carbocycles. The summed E-state index contributed by atoms with van der Waals surface area (Å²) in [7, 11) is 0. The average Bonchev–Trinajstić information content (AvgIpc) is 2.98. The van der Waals surface area contributed by atoms with E-state index in [1.165, 1.54) is 11.1 Å². The minimum atomic E-state index is -0.502. The summed E-state index contributed by atoms with van der Waals surface area (Å²) in [5.74, 6) is 2.39. The second-order valence-corrected chi connectivity index (χ2v) is 6.61. The zero-order valence-corrected chi connectivity index (χ0v) is 16.7. The topological polar surface area (TPSA) is 67.9 Å². The summed E-state index contributed by atoms with van der Waals surface area (Å²) < 4.78 is 11.0. The Hall–Kier alpha value is -3.43. The van der Waals surface area contributed by atoms with Crippen LogP contribution in [0.3, 0.4) is 0 Å². The molecule has 0 atom stereocenters. The van der Waals surface area contributed by atoms with Gasteiger partial charge in [0.25, 0.3) is 11.8 Å². The maximum absolute atomic E-state index is 12.8. The lowest BCUT2D eigenvalue weighted by atomic mass is 10.1. The molecule has 148 valence electrons. The molecule has 2 aromatic rings. The van der Waals surface area contributed by atoms with Crippen molar-refractivity contribution in [3.05, 3.63) is 58.1 Å². The summed E-state index contributed by atoms with van der Waals surface area (Å²) in [6, 6.07) is 10.2. The van der Waals surface area contributed by atoms with E-state index in [0.717, 1.165) is 5.56 Å². The minimum Gasteiger partial charge on any atom is -0.490 e. The highest BCUT2D eigenvalue weighted by Gasteiger charge is 2.34. The highest BCUT2D eigenvalue weighted by molar-refractivity contribution is 6.33. The van der Waals surface area contributed by atoms with Crippen molar-refractivity contribution < 1.29 is 19.1 Å². The van der Waals surface area contributed by atoms with Crippen LogP contribution in [0.25, 0.3) is 6.08 Å². The number of nitrogens with one attached hydrogen (secondary N) is 1. The van der Waals surface area contributed by atoms with Crippen LogP contribution in [0.2, 0.25) is 5.02 Å². The SMILES string of the molecule is C#CCOc1ccc(C=C2C(=O)NN(c3ccc(C)c(Cl)c3)C2=O)cc1OCC. The lowest BCUT2D eigenvalue weighted by Gasteiger charge is -2.15. The van der Waals surface area contributed by atoms with Crippen LogP contribution in [0.1, 0.15) is 18.1 Å². The van der Waals surface area contributed by atoms with Crippen LogP contribution in [0.5, 0.6) is 11.5 Å². The molecular formula is C22H19ClN2O4. The van der Waals surface area contributed by atoms with Crippen LogP contribution >= 0.6 is 11.6 Å². The first-order chi connectivity index (χ1) is 13.9. The van der Waals surface area contributed by atoms with Crippen molar-refractivity contribution in [2.45, 2.75) is 13.8 Å². The van der Waals surface area contributed by atoms with E-state index < -0.39 is 11.8 Å². The maximum Gasteiger partial charge on any atom is 0.282 e. The number of amides is 2. The number of ether oxygens (including phenoxy) is 2. The van der Waals surface area contributed by atoms with Gasteiger partial charge in [-0.05, 0) is 55.3 Å². The van der Waals surface area contributed by atoms with Crippen molar-refractivity contribution in [1.29, 1.82) is 0 Å². The van der Waals surface area contributed by atoms with Gasteiger partial charge in [0.15, 0.2) is 11.5 Å². The van der Waals surface area contributed by atoms with E-state index in [4.69, 9.17) is 27.5 Å². The van der Waals surface area contributed by atoms with Crippen LogP contribution in [0.15, 0.2) is 42.0 Å². The molecule has 6 nitrogen and oxygen atoms in total. The number of hydrogen-bond acceptors (Lipinski definition) is 4. The Bertz CT molecular complexity index is 1040.